The Bertz CT molecular complexity index is 435. The van der Waals surface area contributed by atoms with Crippen molar-refractivity contribution in [2.24, 2.45) is 0 Å². The van der Waals surface area contributed by atoms with E-state index in [1.807, 2.05) is 6.92 Å². The Hall–Kier alpha value is -1.59. The Morgan fingerprint density at radius 3 is 2.74 bits per heavy atom. The van der Waals surface area contributed by atoms with Crippen LogP contribution in [0.1, 0.15) is 25.8 Å². The van der Waals surface area contributed by atoms with Gasteiger partial charge in [-0.2, -0.15) is 0 Å². The molecule has 0 fully saturated rings. The summed E-state index contributed by atoms with van der Waals surface area (Å²) in [5, 5.41) is 21.0. The number of aliphatic hydroxyl groups is 1. The van der Waals surface area contributed by atoms with Gasteiger partial charge in [0.25, 0.3) is 0 Å². The van der Waals surface area contributed by atoms with Gasteiger partial charge in [-0.05, 0) is 38.6 Å². The van der Waals surface area contributed by atoms with E-state index < -0.39 is 11.5 Å². The smallest absolute Gasteiger partial charge is 0.323 e. The van der Waals surface area contributed by atoms with Gasteiger partial charge in [0.15, 0.2) is 0 Å². The van der Waals surface area contributed by atoms with Crippen LogP contribution in [0.5, 0.6) is 5.75 Å². The highest BCUT2D eigenvalue weighted by Crippen LogP contribution is 2.19. The average molecular weight is 267 g/mol. The molecule has 1 rings (SSSR count). The van der Waals surface area contributed by atoms with Gasteiger partial charge in [0.2, 0.25) is 0 Å². The van der Waals surface area contributed by atoms with E-state index in [9.17, 15) is 9.90 Å². The van der Waals surface area contributed by atoms with Crippen LogP contribution in [-0.4, -0.2) is 34.9 Å². The monoisotopic (exact) mass is 267 g/mol. The topological polar surface area (TPSA) is 78.8 Å². The maximum Gasteiger partial charge on any atom is 0.323 e. The fourth-order valence-corrected chi connectivity index (χ4v) is 1.86. The first-order valence-electron chi connectivity index (χ1n) is 6.20. The predicted octanol–water partition coefficient (Wildman–Crippen LogP) is 1.40. The lowest BCUT2D eigenvalue weighted by atomic mass is 9.95. The van der Waals surface area contributed by atoms with Crippen molar-refractivity contribution in [2.45, 2.75) is 38.5 Å². The number of nitrogens with one attached hydrogen (secondary N) is 1. The molecule has 0 aliphatic rings. The molecule has 0 aromatic heterocycles. The predicted molar refractivity (Wildman–Crippen MR) is 72.2 cm³/mol. The fraction of sp³-hybridized carbons (Fsp3) is 0.500. The van der Waals surface area contributed by atoms with Crippen molar-refractivity contribution in [1.82, 2.24) is 5.32 Å². The number of hydrogen-bond acceptors (Lipinski definition) is 4. The molecular formula is C14H21NO4. The van der Waals surface area contributed by atoms with Crippen LogP contribution in [0.4, 0.5) is 0 Å². The SMILES string of the molecule is CNC(C)(CC(C)Oc1cccc(CO)c1)C(=O)O. The minimum absolute atomic E-state index is 0.0467. The first-order valence-corrected chi connectivity index (χ1v) is 6.20. The van der Waals surface area contributed by atoms with Gasteiger partial charge in [-0.3, -0.25) is 4.79 Å². The second-order valence-electron chi connectivity index (χ2n) is 4.83. The summed E-state index contributed by atoms with van der Waals surface area (Å²) in [5.41, 5.74) is -0.257. The van der Waals surface area contributed by atoms with Gasteiger partial charge in [-0.1, -0.05) is 12.1 Å². The van der Waals surface area contributed by atoms with Crippen LogP contribution in [0.3, 0.4) is 0 Å². The average Bonchev–Trinajstić information content (AvgIpc) is 2.38. The zero-order valence-corrected chi connectivity index (χ0v) is 11.5. The number of aliphatic hydroxyl groups excluding tert-OH is 1. The summed E-state index contributed by atoms with van der Waals surface area (Å²) in [6.45, 7) is 3.40. The Morgan fingerprint density at radius 1 is 1.53 bits per heavy atom. The highest BCUT2D eigenvalue weighted by Gasteiger charge is 2.33. The molecule has 0 bridgehead atoms. The van der Waals surface area contributed by atoms with Gasteiger partial charge in [0, 0.05) is 6.42 Å². The molecule has 2 unspecified atom stereocenters. The van der Waals surface area contributed by atoms with Crippen molar-refractivity contribution in [2.75, 3.05) is 7.05 Å². The molecule has 5 heteroatoms. The molecule has 0 spiro atoms. The molecule has 2 atom stereocenters. The number of hydrogen-bond donors (Lipinski definition) is 3. The van der Waals surface area contributed by atoms with Crippen LogP contribution in [0.25, 0.3) is 0 Å². The number of carboxylic acid groups (broad SMARTS) is 1. The minimum atomic E-state index is -1.02. The maximum atomic E-state index is 11.2. The van der Waals surface area contributed by atoms with Gasteiger partial charge in [0.1, 0.15) is 11.3 Å². The first kappa shape index (κ1) is 15.5. The number of benzene rings is 1. The molecule has 3 N–H and O–H groups in total. The third-order valence-corrected chi connectivity index (χ3v) is 3.14. The Morgan fingerprint density at radius 2 is 2.21 bits per heavy atom. The molecule has 0 saturated heterocycles. The molecule has 1 aromatic rings. The number of carbonyl (C=O) groups is 1. The summed E-state index contributed by atoms with van der Waals surface area (Å²) >= 11 is 0. The third-order valence-electron chi connectivity index (χ3n) is 3.14. The lowest BCUT2D eigenvalue weighted by molar-refractivity contribution is -0.145. The van der Waals surface area contributed by atoms with Gasteiger partial charge in [-0.15, -0.1) is 0 Å². The van der Waals surface area contributed by atoms with E-state index in [0.717, 1.165) is 5.56 Å². The normalized spacial score (nSPS) is 15.6. The van der Waals surface area contributed by atoms with Crippen LogP contribution >= 0.6 is 0 Å². The van der Waals surface area contributed by atoms with Crippen molar-refractivity contribution in [3.63, 3.8) is 0 Å². The van der Waals surface area contributed by atoms with Crippen LogP contribution in [0, 0.1) is 0 Å². The highest BCUT2D eigenvalue weighted by atomic mass is 16.5. The van der Waals surface area contributed by atoms with E-state index in [-0.39, 0.29) is 12.7 Å². The van der Waals surface area contributed by atoms with Crippen molar-refractivity contribution in [3.8, 4) is 5.75 Å². The quantitative estimate of drug-likeness (QED) is 0.696. The molecule has 5 nitrogen and oxygen atoms in total. The maximum absolute atomic E-state index is 11.2. The third kappa shape index (κ3) is 4.22. The lowest BCUT2D eigenvalue weighted by Crippen LogP contribution is -2.50. The molecule has 0 aliphatic carbocycles. The van der Waals surface area contributed by atoms with Gasteiger partial charge >= 0.3 is 5.97 Å². The molecule has 0 amide bonds. The van der Waals surface area contributed by atoms with Crippen molar-refractivity contribution in [1.29, 1.82) is 0 Å². The summed E-state index contributed by atoms with van der Waals surface area (Å²) in [6.07, 6.45) is 0.0739. The van der Waals surface area contributed by atoms with E-state index in [4.69, 9.17) is 9.84 Å². The number of ether oxygens (including phenoxy) is 1. The van der Waals surface area contributed by atoms with E-state index in [2.05, 4.69) is 5.32 Å². The van der Waals surface area contributed by atoms with Gasteiger partial charge < -0.3 is 20.3 Å². The fourth-order valence-electron chi connectivity index (χ4n) is 1.86. The van der Waals surface area contributed by atoms with E-state index in [1.54, 1.807) is 38.2 Å². The number of aliphatic carboxylic acids is 1. The molecule has 0 saturated carbocycles. The van der Waals surface area contributed by atoms with Crippen molar-refractivity contribution < 1.29 is 19.7 Å². The second kappa shape index (κ2) is 6.54. The van der Waals surface area contributed by atoms with Crippen LogP contribution < -0.4 is 10.1 Å². The van der Waals surface area contributed by atoms with Gasteiger partial charge in [0.05, 0.1) is 12.7 Å². The standard InChI is InChI=1S/C14H21NO4/c1-10(8-14(2,15-3)13(17)18)19-12-6-4-5-11(7-12)9-16/h4-7,10,15-16H,8-9H2,1-3H3,(H,17,18). The summed E-state index contributed by atoms with van der Waals surface area (Å²) in [4.78, 5) is 11.2. The summed E-state index contributed by atoms with van der Waals surface area (Å²) < 4.78 is 5.69. The first-order chi connectivity index (χ1) is 8.91. The number of carboxylic acids is 1. The zero-order chi connectivity index (χ0) is 14.5. The number of rotatable bonds is 7. The van der Waals surface area contributed by atoms with Crippen LogP contribution in [-0.2, 0) is 11.4 Å². The summed E-state index contributed by atoms with van der Waals surface area (Å²) in [5.74, 6) is -0.280. The molecule has 0 radical (unpaired) electrons. The zero-order valence-electron chi connectivity index (χ0n) is 11.5. The minimum Gasteiger partial charge on any atom is -0.491 e. The Balaban J connectivity index is 2.69. The van der Waals surface area contributed by atoms with E-state index in [0.29, 0.717) is 12.2 Å². The molecule has 0 aliphatic heterocycles. The lowest BCUT2D eigenvalue weighted by Gasteiger charge is -2.27. The molecular weight excluding hydrogens is 246 g/mol. The number of likely N-dealkylation sites (N-methyl/N-ethyl adjacent to an activating group) is 1. The second-order valence-corrected chi connectivity index (χ2v) is 4.83. The summed E-state index contributed by atoms with van der Waals surface area (Å²) in [7, 11) is 1.62. The van der Waals surface area contributed by atoms with Gasteiger partial charge in [-0.25, -0.2) is 0 Å². The molecule has 0 heterocycles. The Labute approximate surface area is 113 Å². The Kier molecular flexibility index (Phi) is 5.32. The van der Waals surface area contributed by atoms with Crippen LogP contribution in [0.15, 0.2) is 24.3 Å². The summed E-state index contributed by atoms with van der Waals surface area (Å²) in [6, 6.07) is 7.12. The molecule has 1 aromatic carbocycles. The van der Waals surface area contributed by atoms with Crippen LogP contribution in [0.2, 0.25) is 0 Å². The van der Waals surface area contributed by atoms with E-state index >= 15 is 0 Å². The molecule has 19 heavy (non-hydrogen) atoms. The molecule has 106 valence electrons. The van der Waals surface area contributed by atoms with Crippen molar-refractivity contribution >= 4 is 5.97 Å². The van der Waals surface area contributed by atoms with E-state index in [1.165, 1.54) is 0 Å². The highest BCUT2D eigenvalue weighted by molar-refractivity contribution is 5.78. The largest absolute Gasteiger partial charge is 0.491 e. The van der Waals surface area contributed by atoms with Crippen molar-refractivity contribution in [3.05, 3.63) is 29.8 Å².